The number of benzene rings is 3. The number of terminal acetylenes is 1. The quantitative estimate of drug-likeness (QED) is 0.179. The predicted molar refractivity (Wildman–Crippen MR) is 170 cm³/mol. The Bertz CT molecular complexity index is 1220. The van der Waals surface area contributed by atoms with Crippen LogP contribution in [0, 0.1) is 18.7 Å². The van der Waals surface area contributed by atoms with E-state index in [2.05, 4.69) is 29.6 Å². The van der Waals surface area contributed by atoms with E-state index in [1.54, 1.807) is 25.3 Å². The number of aromatic hydroxyl groups is 1. The van der Waals surface area contributed by atoms with Gasteiger partial charge < -0.3 is 29.1 Å². The third kappa shape index (κ3) is 11.6. The summed E-state index contributed by atoms with van der Waals surface area (Å²) in [4.78, 5) is 4.28. The molecule has 0 aromatic heterocycles. The third-order valence-corrected chi connectivity index (χ3v) is 7.05. The van der Waals surface area contributed by atoms with Crippen LogP contribution in [0.4, 0.5) is 10.1 Å². The molecule has 0 aliphatic heterocycles. The molecule has 228 valence electrons. The second-order valence-corrected chi connectivity index (χ2v) is 9.99. The van der Waals surface area contributed by atoms with E-state index in [1.165, 1.54) is 30.4 Å². The molecule has 0 heterocycles. The summed E-state index contributed by atoms with van der Waals surface area (Å²) in [6.07, 6.45) is 12.9. The Kier molecular flexibility index (Phi) is 15.9. The van der Waals surface area contributed by atoms with Crippen LogP contribution in [0.25, 0.3) is 0 Å². The highest BCUT2D eigenvalue weighted by atomic mass is 19.1. The summed E-state index contributed by atoms with van der Waals surface area (Å²) in [6, 6.07) is 18.8. The van der Waals surface area contributed by atoms with Crippen molar-refractivity contribution >= 4 is 5.69 Å². The van der Waals surface area contributed by atoms with Gasteiger partial charge in [0.25, 0.3) is 0 Å². The van der Waals surface area contributed by atoms with E-state index in [1.807, 2.05) is 56.4 Å². The molecular weight excluding hydrogens is 531 g/mol. The minimum absolute atomic E-state index is 0.288. The first kappa shape index (κ1) is 34.5. The molecule has 4 rings (SSSR count). The number of hydrogen-bond acceptors (Lipinski definition) is 6. The SMILES string of the molecule is C#C.CCOCCN(C)CCOc1ccc(CN(CC)c2cccc(OC)c2)cc1F.Oc1ccc2c(c1)CCCC2. The summed E-state index contributed by atoms with van der Waals surface area (Å²) in [5.74, 6) is 1.17. The van der Waals surface area contributed by atoms with Crippen LogP contribution in [-0.4, -0.2) is 63.6 Å². The molecule has 3 aromatic carbocycles. The van der Waals surface area contributed by atoms with Gasteiger partial charge in [-0.2, -0.15) is 0 Å². The maximum Gasteiger partial charge on any atom is 0.165 e. The fourth-order valence-electron chi connectivity index (χ4n) is 4.68. The highest BCUT2D eigenvalue weighted by Crippen LogP contribution is 2.25. The normalized spacial score (nSPS) is 11.8. The van der Waals surface area contributed by atoms with E-state index >= 15 is 0 Å². The smallest absolute Gasteiger partial charge is 0.165 e. The highest BCUT2D eigenvalue weighted by Gasteiger charge is 2.11. The summed E-state index contributed by atoms with van der Waals surface area (Å²) in [6.45, 7) is 8.86. The number of ether oxygens (including phenoxy) is 3. The van der Waals surface area contributed by atoms with Gasteiger partial charge in [0.1, 0.15) is 18.1 Å². The molecule has 6 nitrogen and oxygen atoms in total. The average molecular weight is 579 g/mol. The molecule has 42 heavy (non-hydrogen) atoms. The molecule has 3 aromatic rings. The zero-order valence-electron chi connectivity index (χ0n) is 25.7. The van der Waals surface area contributed by atoms with Gasteiger partial charge in [-0.3, -0.25) is 0 Å². The minimum atomic E-state index is -0.332. The van der Waals surface area contributed by atoms with Gasteiger partial charge in [-0.1, -0.05) is 18.2 Å². The van der Waals surface area contributed by atoms with Gasteiger partial charge in [-0.25, -0.2) is 4.39 Å². The maximum atomic E-state index is 14.5. The lowest BCUT2D eigenvalue weighted by molar-refractivity contribution is 0.116. The van der Waals surface area contributed by atoms with Crippen LogP contribution in [0.15, 0.2) is 60.7 Å². The molecule has 0 spiro atoms. The van der Waals surface area contributed by atoms with Gasteiger partial charge in [-0.05, 0) is 99.7 Å². The molecule has 0 amide bonds. The molecule has 1 aliphatic carbocycles. The van der Waals surface area contributed by atoms with Gasteiger partial charge in [0.05, 0.1) is 13.7 Å². The Morgan fingerprint density at radius 2 is 1.64 bits per heavy atom. The molecule has 0 bridgehead atoms. The van der Waals surface area contributed by atoms with Crippen LogP contribution in [0.2, 0.25) is 0 Å². The van der Waals surface area contributed by atoms with E-state index in [-0.39, 0.29) is 11.6 Å². The topological polar surface area (TPSA) is 54.4 Å². The number of rotatable bonds is 13. The van der Waals surface area contributed by atoms with Gasteiger partial charge in [0, 0.05) is 44.5 Å². The Morgan fingerprint density at radius 3 is 2.33 bits per heavy atom. The number of fused-ring (bicyclic) bond motifs is 1. The first-order valence-electron chi connectivity index (χ1n) is 14.6. The molecule has 0 radical (unpaired) electrons. The maximum absolute atomic E-state index is 14.5. The number of methoxy groups -OCH3 is 1. The summed E-state index contributed by atoms with van der Waals surface area (Å²) in [5.41, 5.74) is 4.71. The second-order valence-electron chi connectivity index (χ2n) is 9.99. The number of likely N-dealkylation sites (N-methyl/N-ethyl adjacent to an activating group) is 1. The Hall–Kier alpha value is -3.73. The zero-order chi connectivity index (χ0) is 30.7. The Morgan fingerprint density at radius 1 is 0.905 bits per heavy atom. The molecule has 7 heteroatoms. The van der Waals surface area contributed by atoms with Crippen molar-refractivity contribution in [3.63, 3.8) is 0 Å². The average Bonchev–Trinajstić information content (AvgIpc) is 3.02. The Balaban J connectivity index is 0.000000390. The van der Waals surface area contributed by atoms with E-state index in [0.717, 1.165) is 43.1 Å². The van der Waals surface area contributed by atoms with Crippen LogP contribution in [0.3, 0.4) is 0 Å². The molecule has 0 saturated carbocycles. The lowest BCUT2D eigenvalue weighted by atomic mass is 9.92. The van der Waals surface area contributed by atoms with Crippen molar-refractivity contribution in [3.05, 3.63) is 83.2 Å². The third-order valence-electron chi connectivity index (χ3n) is 7.05. The number of nitrogens with zero attached hydrogens (tertiary/aromatic N) is 2. The number of hydrogen-bond donors (Lipinski definition) is 1. The monoisotopic (exact) mass is 578 g/mol. The van der Waals surface area contributed by atoms with E-state index < -0.39 is 0 Å². The van der Waals surface area contributed by atoms with Gasteiger partial charge >= 0.3 is 0 Å². The van der Waals surface area contributed by atoms with E-state index in [4.69, 9.17) is 14.2 Å². The Labute approximate surface area is 252 Å². The van der Waals surface area contributed by atoms with Crippen LogP contribution in [0.5, 0.6) is 17.2 Å². The predicted octanol–water partition coefficient (Wildman–Crippen LogP) is 6.73. The molecule has 1 aliphatic rings. The molecular formula is C35H47FN2O4. The first-order valence-corrected chi connectivity index (χ1v) is 14.6. The lowest BCUT2D eigenvalue weighted by Crippen LogP contribution is -2.28. The standard InChI is InChI=1S/C23H33FN2O3.C10H12O.C2H2/c1-5-26(20-8-7-9-21(17-20)27-4)18-19-10-11-23(22(24)16-19)29-15-13-25(3)12-14-28-6-2;11-10-6-5-8-3-1-2-4-9(8)7-10;1-2/h7-11,16-17H,5-6,12-15,18H2,1-4H3;5-7,11H,1-4H2;1-2H. The van der Waals surface area contributed by atoms with Crippen molar-refractivity contribution in [3.8, 4) is 30.1 Å². The van der Waals surface area contributed by atoms with Crippen molar-refractivity contribution in [2.24, 2.45) is 0 Å². The number of phenolic OH excluding ortho intramolecular Hbond substituents is 1. The van der Waals surface area contributed by atoms with Crippen molar-refractivity contribution < 1.29 is 23.7 Å². The molecule has 0 fully saturated rings. The first-order chi connectivity index (χ1) is 20.4. The van der Waals surface area contributed by atoms with Crippen LogP contribution < -0.4 is 14.4 Å². The van der Waals surface area contributed by atoms with Gasteiger partial charge in [-0.15, -0.1) is 12.8 Å². The lowest BCUT2D eigenvalue weighted by Gasteiger charge is -2.24. The summed E-state index contributed by atoms with van der Waals surface area (Å²) < 4.78 is 30.8. The largest absolute Gasteiger partial charge is 0.508 e. The highest BCUT2D eigenvalue weighted by molar-refractivity contribution is 5.51. The molecule has 1 N–H and O–H groups in total. The molecule has 0 unspecified atom stereocenters. The fourth-order valence-corrected chi connectivity index (χ4v) is 4.68. The summed E-state index contributed by atoms with van der Waals surface area (Å²) in [5, 5.41) is 9.19. The second kappa shape index (κ2) is 19.4. The van der Waals surface area contributed by atoms with Crippen LogP contribution in [-0.2, 0) is 24.1 Å². The van der Waals surface area contributed by atoms with Crippen LogP contribution in [0.1, 0.15) is 43.4 Å². The number of aryl methyl sites for hydroxylation is 2. The summed E-state index contributed by atoms with van der Waals surface area (Å²) in [7, 11) is 3.65. The van der Waals surface area contributed by atoms with E-state index in [0.29, 0.717) is 32.1 Å². The van der Waals surface area contributed by atoms with Crippen molar-refractivity contribution in [2.45, 2.75) is 46.1 Å². The summed E-state index contributed by atoms with van der Waals surface area (Å²) >= 11 is 0. The fraction of sp³-hybridized carbons (Fsp3) is 0.429. The van der Waals surface area contributed by atoms with E-state index in [9.17, 15) is 9.50 Å². The minimum Gasteiger partial charge on any atom is -0.508 e. The van der Waals surface area contributed by atoms with Crippen LogP contribution >= 0.6 is 0 Å². The zero-order valence-corrected chi connectivity index (χ0v) is 25.7. The number of anilines is 1. The van der Waals surface area contributed by atoms with Crippen molar-refractivity contribution in [1.82, 2.24) is 4.90 Å². The van der Waals surface area contributed by atoms with Crippen molar-refractivity contribution in [1.29, 1.82) is 0 Å². The number of phenols is 1. The van der Waals surface area contributed by atoms with Crippen molar-refractivity contribution in [2.75, 3.05) is 58.5 Å². The number of halogens is 1. The molecule has 0 atom stereocenters. The van der Waals surface area contributed by atoms with Gasteiger partial charge in [0.15, 0.2) is 11.6 Å². The van der Waals surface area contributed by atoms with Gasteiger partial charge in [0.2, 0.25) is 0 Å². The molecule has 0 saturated heterocycles.